The van der Waals surface area contributed by atoms with Crippen molar-refractivity contribution >= 4 is 15.8 Å². The highest BCUT2D eigenvalue weighted by Crippen LogP contribution is 2.52. The normalized spacial score (nSPS) is 21.8. The smallest absolute Gasteiger partial charge is 0.282 e. The lowest BCUT2D eigenvalue weighted by molar-refractivity contribution is -0.385. The first kappa shape index (κ1) is 18.3. The number of nitrogens with zero attached hydrogens (tertiary/aromatic N) is 1. The Labute approximate surface area is 148 Å². The molecule has 2 aliphatic rings. The third-order valence-corrected chi connectivity index (χ3v) is 7.03. The van der Waals surface area contributed by atoms with Crippen LogP contribution in [-0.4, -0.2) is 17.9 Å². The lowest BCUT2D eigenvalue weighted by Crippen LogP contribution is -2.39. The average molecular weight is 367 g/mol. The standard InChI is InChI=1S/C18H25NO5S/c20-19(21)15-9-10-17(25(22,23)24)16(13-15)18(11-5-2-6-12-18)14-7-3-1-4-8-14/h9-10,13-14H,1-8,11-12H2,(H,22,23,24). The number of benzene rings is 1. The van der Waals surface area contributed by atoms with Crippen molar-refractivity contribution in [2.24, 2.45) is 5.92 Å². The largest absolute Gasteiger partial charge is 0.294 e. The Morgan fingerprint density at radius 1 is 1.04 bits per heavy atom. The molecular formula is C18H25NO5S. The van der Waals surface area contributed by atoms with E-state index in [9.17, 15) is 23.1 Å². The molecule has 1 aromatic carbocycles. The van der Waals surface area contributed by atoms with Crippen molar-refractivity contribution in [2.75, 3.05) is 0 Å². The van der Waals surface area contributed by atoms with E-state index in [0.29, 0.717) is 11.5 Å². The maximum absolute atomic E-state index is 12.0. The Bertz CT molecular complexity index is 747. The van der Waals surface area contributed by atoms with E-state index in [0.717, 1.165) is 57.8 Å². The Kier molecular flexibility index (Phi) is 5.16. The van der Waals surface area contributed by atoms with E-state index in [1.165, 1.54) is 24.6 Å². The molecule has 0 radical (unpaired) electrons. The molecule has 2 saturated carbocycles. The molecule has 0 spiro atoms. The minimum atomic E-state index is -4.42. The summed E-state index contributed by atoms with van der Waals surface area (Å²) < 4.78 is 33.7. The maximum Gasteiger partial charge on any atom is 0.294 e. The number of rotatable bonds is 4. The van der Waals surface area contributed by atoms with Crippen LogP contribution in [0.15, 0.2) is 23.1 Å². The molecule has 3 rings (SSSR count). The number of nitro benzene ring substituents is 1. The second-order valence-corrected chi connectivity index (χ2v) is 8.85. The Balaban J connectivity index is 2.20. The fraction of sp³-hybridized carbons (Fsp3) is 0.667. The van der Waals surface area contributed by atoms with Crippen molar-refractivity contribution in [3.8, 4) is 0 Å². The molecular weight excluding hydrogens is 342 g/mol. The van der Waals surface area contributed by atoms with E-state index in [1.54, 1.807) is 0 Å². The van der Waals surface area contributed by atoms with Crippen molar-refractivity contribution in [2.45, 2.75) is 74.5 Å². The number of hydrogen-bond acceptors (Lipinski definition) is 4. The maximum atomic E-state index is 12.0. The van der Waals surface area contributed by atoms with Crippen LogP contribution < -0.4 is 0 Å². The summed E-state index contributed by atoms with van der Waals surface area (Å²) in [5, 5.41) is 11.3. The van der Waals surface area contributed by atoms with E-state index in [2.05, 4.69) is 0 Å². The van der Waals surface area contributed by atoms with Gasteiger partial charge in [-0.3, -0.25) is 14.7 Å². The van der Waals surface area contributed by atoms with Gasteiger partial charge in [-0.15, -0.1) is 0 Å². The second kappa shape index (κ2) is 7.03. The quantitative estimate of drug-likeness (QED) is 0.475. The molecule has 2 aliphatic carbocycles. The van der Waals surface area contributed by atoms with Gasteiger partial charge in [-0.2, -0.15) is 8.42 Å². The molecule has 25 heavy (non-hydrogen) atoms. The van der Waals surface area contributed by atoms with Crippen LogP contribution in [0.3, 0.4) is 0 Å². The Hall–Kier alpha value is -1.47. The third-order valence-electron chi connectivity index (χ3n) is 6.12. The van der Waals surface area contributed by atoms with Gasteiger partial charge in [-0.1, -0.05) is 38.5 Å². The first-order chi connectivity index (χ1) is 11.8. The van der Waals surface area contributed by atoms with E-state index in [-0.39, 0.29) is 16.0 Å². The highest BCUT2D eigenvalue weighted by molar-refractivity contribution is 7.85. The van der Waals surface area contributed by atoms with Crippen molar-refractivity contribution in [3.63, 3.8) is 0 Å². The molecule has 0 amide bonds. The first-order valence-electron chi connectivity index (χ1n) is 9.11. The van der Waals surface area contributed by atoms with Gasteiger partial charge in [0.05, 0.1) is 9.82 Å². The molecule has 0 unspecified atom stereocenters. The van der Waals surface area contributed by atoms with Gasteiger partial charge in [0.1, 0.15) is 0 Å². The summed E-state index contributed by atoms with van der Waals surface area (Å²) in [5.74, 6) is 0.323. The van der Waals surface area contributed by atoms with E-state index >= 15 is 0 Å². The molecule has 6 nitrogen and oxygen atoms in total. The second-order valence-electron chi connectivity index (χ2n) is 7.46. The Morgan fingerprint density at radius 3 is 2.20 bits per heavy atom. The molecule has 0 aromatic heterocycles. The zero-order valence-electron chi connectivity index (χ0n) is 14.3. The molecule has 2 fully saturated rings. The van der Waals surface area contributed by atoms with Crippen molar-refractivity contribution in [1.82, 2.24) is 0 Å². The van der Waals surface area contributed by atoms with Gasteiger partial charge in [0.15, 0.2) is 0 Å². The van der Waals surface area contributed by atoms with Crippen LogP contribution in [-0.2, 0) is 15.5 Å². The molecule has 7 heteroatoms. The van der Waals surface area contributed by atoms with Crippen LogP contribution in [0.1, 0.15) is 69.8 Å². The fourth-order valence-corrected chi connectivity index (χ4v) is 5.76. The number of nitro groups is 1. The van der Waals surface area contributed by atoms with Crippen LogP contribution in [0.4, 0.5) is 5.69 Å². The summed E-state index contributed by atoms with van der Waals surface area (Å²) in [5.41, 5.74) is -0.0190. The SMILES string of the molecule is O=[N+]([O-])c1ccc(S(=O)(=O)O)c(C2(C3CCCCC3)CCCCC2)c1. The Morgan fingerprint density at radius 2 is 1.64 bits per heavy atom. The minimum absolute atomic E-state index is 0.108. The van der Waals surface area contributed by atoms with Crippen LogP contribution in [0, 0.1) is 16.0 Å². The van der Waals surface area contributed by atoms with E-state index < -0.39 is 15.0 Å². The minimum Gasteiger partial charge on any atom is -0.282 e. The number of hydrogen-bond donors (Lipinski definition) is 1. The highest BCUT2D eigenvalue weighted by atomic mass is 32.2. The van der Waals surface area contributed by atoms with Crippen LogP contribution >= 0.6 is 0 Å². The predicted molar refractivity (Wildman–Crippen MR) is 94.2 cm³/mol. The summed E-state index contributed by atoms with van der Waals surface area (Å²) in [6.45, 7) is 0. The molecule has 138 valence electrons. The molecule has 1 N–H and O–H groups in total. The summed E-state index contributed by atoms with van der Waals surface area (Å²) in [7, 11) is -4.42. The molecule has 0 heterocycles. The fourth-order valence-electron chi connectivity index (χ4n) is 4.98. The van der Waals surface area contributed by atoms with Crippen molar-refractivity contribution in [1.29, 1.82) is 0 Å². The lowest BCUT2D eigenvalue weighted by Gasteiger charge is -2.46. The average Bonchev–Trinajstić information content (AvgIpc) is 2.61. The lowest BCUT2D eigenvalue weighted by atomic mass is 9.58. The zero-order valence-corrected chi connectivity index (χ0v) is 15.1. The highest BCUT2D eigenvalue weighted by Gasteiger charge is 2.44. The summed E-state index contributed by atoms with van der Waals surface area (Å²) in [4.78, 5) is 10.6. The topological polar surface area (TPSA) is 97.5 Å². The summed E-state index contributed by atoms with van der Waals surface area (Å²) in [6.07, 6.45) is 10.2. The zero-order chi connectivity index (χ0) is 18.1. The van der Waals surface area contributed by atoms with Gasteiger partial charge < -0.3 is 0 Å². The van der Waals surface area contributed by atoms with Crippen LogP contribution in [0.5, 0.6) is 0 Å². The van der Waals surface area contributed by atoms with Gasteiger partial charge >= 0.3 is 0 Å². The van der Waals surface area contributed by atoms with Gasteiger partial charge in [-0.05, 0) is 48.6 Å². The third kappa shape index (κ3) is 3.58. The van der Waals surface area contributed by atoms with Crippen LogP contribution in [0.25, 0.3) is 0 Å². The summed E-state index contributed by atoms with van der Waals surface area (Å²) in [6, 6.07) is 3.79. The van der Waals surface area contributed by atoms with Crippen molar-refractivity contribution < 1.29 is 17.9 Å². The predicted octanol–water partition coefficient (Wildman–Crippen LogP) is 4.62. The molecule has 0 saturated heterocycles. The van der Waals surface area contributed by atoms with Crippen LogP contribution in [0.2, 0.25) is 0 Å². The van der Waals surface area contributed by atoms with Gasteiger partial charge in [0.2, 0.25) is 0 Å². The summed E-state index contributed by atoms with van der Waals surface area (Å²) >= 11 is 0. The molecule has 1 aromatic rings. The monoisotopic (exact) mass is 367 g/mol. The number of non-ortho nitro benzene ring substituents is 1. The van der Waals surface area contributed by atoms with E-state index in [1.807, 2.05) is 0 Å². The van der Waals surface area contributed by atoms with Gasteiger partial charge in [0, 0.05) is 12.1 Å². The van der Waals surface area contributed by atoms with Crippen molar-refractivity contribution in [3.05, 3.63) is 33.9 Å². The first-order valence-corrected chi connectivity index (χ1v) is 10.5. The molecule has 0 aliphatic heterocycles. The van der Waals surface area contributed by atoms with Gasteiger partial charge in [-0.25, -0.2) is 0 Å². The van der Waals surface area contributed by atoms with Gasteiger partial charge in [0.25, 0.3) is 15.8 Å². The molecule has 0 bridgehead atoms. The molecule has 0 atom stereocenters. The van der Waals surface area contributed by atoms with E-state index in [4.69, 9.17) is 0 Å².